The Hall–Kier alpha value is -2.96. The van der Waals surface area contributed by atoms with Gasteiger partial charge in [-0.25, -0.2) is 4.79 Å². The second-order valence-corrected chi connectivity index (χ2v) is 24.3. The first-order valence-electron chi connectivity index (χ1n) is 31.5. The van der Waals surface area contributed by atoms with Crippen LogP contribution in [0.4, 0.5) is 4.79 Å². The van der Waals surface area contributed by atoms with E-state index >= 15 is 0 Å². The number of likely N-dealkylation sites (N-methyl/N-ethyl adjacent to an activating group) is 1. The smallest absolute Gasteiger partial charge is 0.314 e. The van der Waals surface area contributed by atoms with E-state index in [1.807, 2.05) is 0 Å². The summed E-state index contributed by atoms with van der Waals surface area (Å²) in [6, 6.07) is 2.96. The maximum absolute atomic E-state index is 10.8. The van der Waals surface area contributed by atoms with Crippen molar-refractivity contribution >= 4 is 23.8 Å². The summed E-state index contributed by atoms with van der Waals surface area (Å²) in [6.45, 7) is 7.46. The summed E-state index contributed by atoms with van der Waals surface area (Å²) >= 11 is 0. The van der Waals surface area contributed by atoms with Gasteiger partial charge in [-0.05, 0) is 173 Å². The van der Waals surface area contributed by atoms with Crippen molar-refractivity contribution in [2.45, 2.75) is 271 Å². The summed E-state index contributed by atoms with van der Waals surface area (Å²) in [5.74, 6) is 0.368. The number of aliphatic hydroxyl groups excluding tert-OH is 2. The first-order valence-corrected chi connectivity index (χ1v) is 31.5. The minimum Gasteiger partial charge on any atom is -0.393 e. The zero-order chi connectivity index (χ0) is 61.2. The van der Waals surface area contributed by atoms with Gasteiger partial charge in [0.25, 0.3) is 0 Å². The number of carbonyl (C=O) groups is 4. The van der Waals surface area contributed by atoms with Gasteiger partial charge in [0.15, 0.2) is 0 Å². The summed E-state index contributed by atoms with van der Waals surface area (Å²) in [5.41, 5.74) is 72.0. The van der Waals surface area contributed by atoms with Gasteiger partial charge in [-0.1, -0.05) is 6.42 Å². The zero-order valence-electron chi connectivity index (χ0n) is 50.8. The first-order chi connectivity index (χ1) is 38.9. The van der Waals surface area contributed by atoms with Gasteiger partial charge < -0.3 is 115 Å². The lowest BCUT2D eigenvalue weighted by Gasteiger charge is -2.26. The van der Waals surface area contributed by atoms with Crippen molar-refractivity contribution in [3.63, 3.8) is 0 Å². The standard InChI is InChI=1S/3C6H12N2O.2C6H14N2.2C6H13NO.C5H11N3O.C5H12N2.C5H11NO/c1-8-4-5(7)2-3-6(8)9;7-5-1-2-6(9)8-4-3-5;7-5-3-1-2-4-8-6(5)9;7-5-1-2-6(8)4-3-5;7-5-2-1-3-6(8)4-5;7-5-1-3-6(8)4-2-5;7-5-2-1-3-6(8)4-5;6-4-1-2-8(3-4)5(7)9;2*6-5-2-1-3-7-4-5/h5H,2-4,7H2,1H3;2*5H,1-4,7H2,(H,8,9);2*5-6H,1-4,7-8H2;2*5-6,8H,1-4,7H2;4H,1-3,6H2,(H2,7,9);5,7H,1-4,6H2;5H,1-4,6H2. The van der Waals surface area contributed by atoms with Crippen LogP contribution in [0.3, 0.4) is 0 Å². The highest BCUT2D eigenvalue weighted by atomic mass is 16.5. The molecular weight excluding hydrogens is 1050 g/mol. The molecule has 6 heterocycles. The molecule has 10 unspecified atom stereocenters. The fourth-order valence-corrected chi connectivity index (χ4v) is 10.3. The average molecular weight is 1170 g/mol. The third kappa shape index (κ3) is 42.8. The fourth-order valence-electron chi connectivity index (χ4n) is 10.3. The molecule has 0 bridgehead atoms. The lowest BCUT2D eigenvalue weighted by molar-refractivity contribution is -0.132. The predicted octanol–water partition coefficient (Wildman–Crippen LogP) is -1.36. The van der Waals surface area contributed by atoms with E-state index in [2.05, 4.69) is 16.0 Å². The molecule has 0 aromatic carbocycles. The molecule has 25 nitrogen and oxygen atoms in total. The number of nitrogens with two attached hydrogens (primary N) is 13. The van der Waals surface area contributed by atoms with Crippen LogP contribution in [0.15, 0.2) is 0 Å². The normalized spacial score (nSPS) is 33.6. The Morgan fingerprint density at radius 2 is 1.01 bits per heavy atom. The highest BCUT2D eigenvalue weighted by Crippen LogP contribution is 2.18. The fraction of sp³-hybridized carbons (Fsp3) is 0.930. The summed E-state index contributed by atoms with van der Waals surface area (Å²) in [7, 11) is 1.79. The third-order valence-corrected chi connectivity index (χ3v) is 15.9. The molecule has 10 aliphatic rings. The Kier molecular flexibility index (Phi) is 44.4. The van der Waals surface area contributed by atoms with Crippen molar-refractivity contribution in [2.75, 3.05) is 66.1 Å². The molecule has 6 saturated heterocycles. The Bertz CT molecular complexity index is 1510. The highest BCUT2D eigenvalue weighted by molar-refractivity contribution is 5.81. The lowest BCUT2D eigenvalue weighted by atomic mass is 9.92. The van der Waals surface area contributed by atoms with Crippen LogP contribution in [-0.4, -0.2) is 195 Å². The van der Waals surface area contributed by atoms with Crippen LogP contribution in [0, 0.1) is 0 Å². The molecule has 25 heteroatoms. The van der Waals surface area contributed by atoms with Crippen LogP contribution < -0.4 is 90.5 Å². The molecule has 5 amide bonds. The molecule has 0 aromatic heterocycles. The zero-order valence-corrected chi connectivity index (χ0v) is 50.8. The first kappa shape index (κ1) is 77.1. The van der Waals surface area contributed by atoms with Crippen LogP contribution >= 0.6 is 0 Å². The van der Waals surface area contributed by atoms with E-state index in [4.69, 9.17) is 89.5 Å². The van der Waals surface area contributed by atoms with E-state index in [0.29, 0.717) is 61.7 Å². The summed E-state index contributed by atoms with van der Waals surface area (Å²) < 4.78 is 5.06. The van der Waals surface area contributed by atoms with Gasteiger partial charge in [0.2, 0.25) is 17.7 Å². The number of nitrogens with zero attached hydrogens (tertiary/aromatic N) is 2. The summed E-state index contributed by atoms with van der Waals surface area (Å²) in [6.07, 6.45) is 29.1. The minimum absolute atomic E-state index is 0.00694. The van der Waals surface area contributed by atoms with Crippen molar-refractivity contribution in [2.24, 2.45) is 74.5 Å². The SMILES string of the molecule is CN1CC(N)CCC1=O.NC(=O)N1CCC(N)C1.NC1CCC(N)CC1.NC1CCC(O)CC1.NC1CCCC(N)C1.NC1CCCC(O)C1.NC1CCCCNC1=O.NC1CCCNC1.NC1CCCOC1.NC1CCNC(=O)CC1. The Morgan fingerprint density at radius 3 is 1.40 bits per heavy atom. The van der Waals surface area contributed by atoms with E-state index in [0.717, 1.165) is 194 Å². The van der Waals surface area contributed by atoms with Crippen LogP contribution in [0.5, 0.6) is 0 Å². The molecule has 10 fully saturated rings. The van der Waals surface area contributed by atoms with Gasteiger partial charge in [-0.3, -0.25) is 14.4 Å². The minimum atomic E-state index is -0.358. The van der Waals surface area contributed by atoms with Crippen molar-refractivity contribution in [1.29, 1.82) is 0 Å². The van der Waals surface area contributed by atoms with Crippen LogP contribution in [0.25, 0.3) is 0 Å². The molecule has 10 rings (SSSR count). The van der Waals surface area contributed by atoms with Crippen molar-refractivity contribution in [1.82, 2.24) is 25.8 Å². The van der Waals surface area contributed by atoms with Crippen LogP contribution in [0.1, 0.15) is 186 Å². The number of urea groups is 1. The van der Waals surface area contributed by atoms with Crippen molar-refractivity contribution in [3.05, 3.63) is 0 Å². The monoisotopic (exact) mass is 1170 g/mol. The molecule has 484 valence electrons. The maximum atomic E-state index is 10.8. The third-order valence-electron chi connectivity index (χ3n) is 15.9. The molecule has 4 saturated carbocycles. The van der Waals surface area contributed by atoms with E-state index < -0.39 is 0 Å². The summed E-state index contributed by atoms with van der Waals surface area (Å²) in [5, 5.41) is 26.7. The van der Waals surface area contributed by atoms with Crippen molar-refractivity contribution in [3.8, 4) is 0 Å². The van der Waals surface area contributed by atoms with E-state index in [-0.39, 0.29) is 66.2 Å². The number of hydrogen-bond donors (Lipinski definition) is 18. The quantitative estimate of drug-likeness (QED) is 0.133. The van der Waals surface area contributed by atoms with Gasteiger partial charge in [0, 0.05) is 132 Å². The number of amides is 5. The number of aliphatic hydroxyl groups is 2. The molecule has 0 spiro atoms. The maximum Gasteiger partial charge on any atom is 0.314 e. The second kappa shape index (κ2) is 47.2. The highest BCUT2D eigenvalue weighted by Gasteiger charge is 2.22. The number of hydrogen-bond acceptors (Lipinski definition) is 20. The molecule has 6 aliphatic heterocycles. The molecule has 31 N–H and O–H groups in total. The van der Waals surface area contributed by atoms with E-state index in [1.165, 1.54) is 32.1 Å². The Labute approximate surface area is 493 Å². The number of likely N-dealkylation sites (tertiary alicyclic amines) is 2. The Balaban J connectivity index is 0.000000456. The molecule has 10 atom stereocenters. The van der Waals surface area contributed by atoms with E-state index in [9.17, 15) is 19.2 Å². The predicted molar refractivity (Wildman–Crippen MR) is 330 cm³/mol. The summed E-state index contributed by atoms with van der Waals surface area (Å²) in [4.78, 5) is 45.9. The topological polar surface area (TPSA) is 499 Å². The number of piperidine rings is 2. The number of rotatable bonds is 0. The molecule has 4 aliphatic carbocycles. The molecular formula is C57H124N18O7. The molecule has 82 heavy (non-hydrogen) atoms. The van der Waals surface area contributed by atoms with Gasteiger partial charge in [-0.2, -0.15) is 0 Å². The van der Waals surface area contributed by atoms with Gasteiger partial charge in [-0.15, -0.1) is 0 Å². The van der Waals surface area contributed by atoms with E-state index in [1.54, 1.807) is 16.8 Å². The van der Waals surface area contributed by atoms with Crippen LogP contribution in [-0.2, 0) is 19.1 Å². The molecule has 0 aromatic rings. The number of ether oxygens (including phenoxy) is 1. The van der Waals surface area contributed by atoms with Crippen LogP contribution in [0.2, 0.25) is 0 Å². The largest absolute Gasteiger partial charge is 0.393 e. The second-order valence-electron chi connectivity index (χ2n) is 24.3. The Morgan fingerprint density at radius 1 is 0.476 bits per heavy atom. The number of primary amides is 1. The van der Waals surface area contributed by atoms with Gasteiger partial charge in [0.05, 0.1) is 24.9 Å². The lowest BCUT2D eigenvalue weighted by Crippen LogP contribution is -2.43. The number of carbonyl (C=O) groups excluding carboxylic acids is 4. The molecule has 0 radical (unpaired) electrons. The van der Waals surface area contributed by atoms with Crippen molar-refractivity contribution < 1.29 is 34.1 Å². The van der Waals surface area contributed by atoms with Gasteiger partial charge in [0.1, 0.15) is 0 Å². The average Bonchev–Trinajstić information content (AvgIpc) is 3.68. The van der Waals surface area contributed by atoms with Gasteiger partial charge >= 0.3 is 6.03 Å². The number of nitrogens with one attached hydrogen (secondary N) is 3.